The fraction of sp³-hybridized carbons (Fsp3) is 0.565. The van der Waals surface area contributed by atoms with Crippen LogP contribution in [0, 0.1) is 0 Å². The minimum Gasteiger partial charge on any atom is -0.482 e. The lowest BCUT2D eigenvalue weighted by atomic mass is 9.92. The van der Waals surface area contributed by atoms with Gasteiger partial charge in [-0.3, -0.25) is 0 Å². The smallest absolute Gasteiger partial charge is 0.192 e. The Balaban J connectivity index is 1.78. The van der Waals surface area contributed by atoms with Crippen LogP contribution in [-0.2, 0) is 4.74 Å². The fourth-order valence-corrected chi connectivity index (χ4v) is 3.94. The molecular formula is C23H36N2O. The van der Waals surface area contributed by atoms with Crippen LogP contribution in [0.4, 0.5) is 0 Å². The van der Waals surface area contributed by atoms with Crippen LogP contribution in [0.5, 0.6) is 0 Å². The second-order valence-electron chi connectivity index (χ2n) is 7.31. The molecule has 0 amide bonds. The molecule has 0 aromatic heterocycles. The highest BCUT2D eigenvalue weighted by Gasteiger charge is 2.17. The lowest BCUT2D eigenvalue weighted by molar-refractivity contribution is 0.173. The molecule has 0 spiro atoms. The molecule has 0 saturated carbocycles. The first-order valence-corrected chi connectivity index (χ1v) is 10.1. The minimum atomic E-state index is 0.625. The van der Waals surface area contributed by atoms with Crippen LogP contribution >= 0.6 is 0 Å². The van der Waals surface area contributed by atoms with Gasteiger partial charge in [-0.25, -0.2) is 0 Å². The molecule has 1 atom stereocenters. The van der Waals surface area contributed by atoms with Gasteiger partial charge in [-0.2, -0.15) is 0 Å². The molecule has 1 aliphatic heterocycles. The minimum absolute atomic E-state index is 0.625. The normalized spacial score (nSPS) is 15.8. The van der Waals surface area contributed by atoms with Crippen molar-refractivity contribution in [2.24, 2.45) is 0 Å². The van der Waals surface area contributed by atoms with Crippen molar-refractivity contribution in [2.75, 3.05) is 34.3 Å². The van der Waals surface area contributed by atoms with E-state index in [4.69, 9.17) is 4.74 Å². The summed E-state index contributed by atoms with van der Waals surface area (Å²) in [7, 11) is 5.95. The number of nitrogens with zero attached hydrogens (tertiary/aromatic N) is 1. The Morgan fingerprint density at radius 1 is 1.15 bits per heavy atom. The van der Waals surface area contributed by atoms with Gasteiger partial charge in [0.2, 0.25) is 0 Å². The van der Waals surface area contributed by atoms with Gasteiger partial charge >= 0.3 is 0 Å². The number of hydrogen-bond donors (Lipinski definition) is 1. The first-order valence-electron chi connectivity index (χ1n) is 10.1. The summed E-state index contributed by atoms with van der Waals surface area (Å²) in [6.07, 6.45) is 9.73. The lowest BCUT2D eigenvalue weighted by Gasteiger charge is -2.29. The van der Waals surface area contributed by atoms with Gasteiger partial charge < -0.3 is 15.0 Å². The molecule has 1 aromatic rings. The van der Waals surface area contributed by atoms with Gasteiger partial charge in [0.05, 0.1) is 7.11 Å². The van der Waals surface area contributed by atoms with Crippen molar-refractivity contribution >= 4 is 0 Å². The highest BCUT2D eigenvalue weighted by atomic mass is 16.5. The summed E-state index contributed by atoms with van der Waals surface area (Å²) in [5, 5.41) is 3.35. The molecule has 1 N–H and O–H groups in total. The Kier molecular flexibility index (Phi) is 8.76. The maximum Gasteiger partial charge on any atom is 0.192 e. The number of likely N-dealkylation sites (N-methyl/N-ethyl adjacent to an activating group) is 2. The van der Waals surface area contributed by atoms with Crippen LogP contribution in [0.3, 0.4) is 0 Å². The molecule has 0 aliphatic carbocycles. The van der Waals surface area contributed by atoms with E-state index in [0.717, 1.165) is 25.4 Å². The molecule has 0 saturated heterocycles. The first-order chi connectivity index (χ1) is 12.7. The van der Waals surface area contributed by atoms with E-state index >= 15 is 0 Å². The predicted molar refractivity (Wildman–Crippen MR) is 111 cm³/mol. The van der Waals surface area contributed by atoms with Gasteiger partial charge in [-0.1, -0.05) is 61.7 Å². The zero-order valence-corrected chi connectivity index (χ0v) is 17.1. The molecular weight excluding hydrogens is 320 g/mol. The van der Waals surface area contributed by atoms with Gasteiger partial charge in [-0.15, -0.1) is 0 Å². The van der Waals surface area contributed by atoms with E-state index in [2.05, 4.69) is 67.6 Å². The molecule has 1 heterocycles. The van der Waals surface area contributed by atoms with Gasteiger partial charge in [0, 0.05) is 25.7 Å². The molecule has 26 heavy (non-hydrogen) atoms. The summed E-state index contributed by atoms with van der Waals surface area (Å²) >= 11 is 0. The van der Waals surface area contributed by atoms with E-state index < -0.39 is 0 Å². The summed E-state index contributed by atoms with van der Waals surface area (Å²) in [5.74, 6) is 1.66. The zero-order chi connectivity index (χ0) is 18.8. The average molecular weight is 357 g/mol. The summed E-state index contributed by atoms with van der Waals surface area (Å²) in [5.41, 5.74) is 4.33. The number of rotatable bonds is 11. The van der Waals surface area contributed by atoms with Crippen LogP contribution in [0.25, 0.3) is 0 Å². The fourth-order valence-electron chi connectivity index (χ4n) is 3.94. The van der Waals surface area contributed by atoms with Crippen LogP contribution in [0.15, 0.2) is 53.4 Å². The van der Waals surface area contributed by atoms with Crippen LogP contribution < -0.4 is 5.32 Å². The van der Waals surface area contributed by atoms with Crippen LogP contribution in [-0.4, -0.2) is 39.2 Å². The van der Waals surface area contributed by atoms with Crippen molar-refractivity contribution in [1.82, 2.24) is 10.2 Å². The monoisotopic (exact) mass is 356 g/mol. The zero-order valence-electron chi connectivity index (χ0n) is 17.1. The number of methoxy groups -OCH3 is 1. The average Bonchev–Trinajstić information content (AvgIpc) is 2.67. The third-order valence-electron chi connectivity index (χ3n) is 5.29. The van der Waals surface area contributed by atoms with Gasteiger partial charge in [-0.05, 0) is 44.2 Å². The van der Waals surface area contributed by atoms with Crippen molar-refractivity contribution in [2.45, 2.75) is 51.4 Å². The highest BCUT2D eigenvalue weighted by molar-refractivity contribution is 5.31. The molecule has 0 fully saturated rings. The summed E-state index contributed by atoms with van der Waals surface area (Å²) < 4.78 is 5.54. The van der Waals surface area contributed by atoms with E-state index in [9.17, 15) is 0 Å². The Morgan fingerprint density at radius 2 is 1.92 bits per heavy atom. The summed E-state index contributed by atoms with van der Waals surface area (Å²) in [6, 6.07) is 10.9. The molecule has 0 radical (unpaired) electrons. The highest BCUT2D eigenvalue weighted by Crippen LogP contribution is 2.26. The summed E-state index contributed by atoms with van der Waals surface area (Å²) in [4.78, 5) is 2.24. The van der Waals surface area contributed by atoms with Gasteiger partial charge in [0.15, 0.2) is 5.88 Å². The van der Waals surface area contributed by atoms with Crippen LogP contribution in [0.1, 0.15) is 56.9 Å². The lowest BCUT2D eigenvalue weighted by Crippen LogP contribution is -2.26. The van der Waals surface area contributed by atoms with Gasteiger partial charge in [0.25, 0.3) is 0 Å². The number of benzene rings is 1. The number of hydrogen-bond acceptors (Lipinski definition) is 3. The Labute approximate surface area is 160 Å². The SMILES string of the molecule is CCC1=C(OC)N(C)CC(CCCCC[C@@H](CNC)c2ccccc2)=C1. The predicted octanol–water partition coefficient (Wildman–Crippen LogP) is 5.08. The Hall–Kier alpha value is -1.74. The Bertz CT molecular complexity index is 591. The maximum atomic E-state index is 5.54. The van der Waals surface area contributed by atoms with Crippen molar-refractivity contribution in [3.63, 3.8) is 0 Å². The molecule has 144 valence electrons. The molecule has 1 aliphatic rings. The quantitative estimate of drug-likeness (QED) is 0.560. The second-order valence-corrected chi connectivity index (χ2v) is 7.31. The number of allylic oxidation sites excluding steroid dienone is 2. The van der Waals surface area contributed by atoms with E-state index in [1.807, 2.05) is 0 Å². The largest absolute Gasteiger partial charge is 0.482 e. The van der Waals surface area contributed by atoms with Crippen molar-refractivity contribution in [1.29, 1.82) is 0 Å². The third-order valence-corrected chi connectivity index (χ3v) is 5.29. The molecule has 3 heteroatoms. The third kappa shape index (κ3) is 5.91. The number of unbranched alkanes of at least 4 members (excludes halogenated alkanes) is 2. The number of nitrogens with one attached hydrogen (secondary N) is 1. The van der Waals surface area contributed by atoms with Crippen LogP contribution in [0.2, 0.25) is 0 Å². The molecule has 0 bridgehead atoms. The van der Waals surface area contributed by atoms with E-state index in [1.165, 1.54) is 43.2 Å². The Morgan fingerprint density at radius 3 is 2.58 bits per heavy atom. The maximum absolute atomic E-state index is 5.54. The number of ether oxygens (including phenoxy) is 1. The standard InChI is InChI=1S/C23H36N2O/c1-5-20-16-19(18-25(3)23(20)26-4)12-8-6-11-15-22(17-24-2)21-13-9-7-10-14-21/h7,9-10,13-14,16,22,24H,5-6,8,11-12,15,17-18H2,1-4H3/t22-/m0/s1. The molecule has 1 aromatic carbocycles. The second kappa shape index (κ2) is 11.1. The van der Waals surface area contributed by atoms with E-state index in [1.54, 1.807) is 12.7 Å². The summed E-state index contributed by atoms with van der Waals surface area (Å²) in [6.45, 7) is 4.26. The van der Waals surface area contributed by atoms with E-state index in [0.29, 0.717) is 5.92 Å². The topological polar surface area (TPSA) is 24.5 Å². The van der Waals surface area contributed by atoms with Crippen molar-refractivity contribution in [3.05, 3.63) is 59.0 Å². The van der Waals surface area contributed by atoms with E-state index in [-0.39, 0.29) is 0 Å². The van der Waals surface area contributed by atoms with Crippen molar-refractivity contribution < 1.29 is 4.74 Å². The molecule has 0 unspecified atom stereocenters. The molecule has 3 nitrogen and oxygen atoms in total. The first kappa shape index (κ1) is 20.6. The molecule has 2 rings (SSSR count). The van der Waals surface area contributed by atoms with Gasteiger partial charge in [0.1, 0.15) is 0 Å². The van der Waals surface area contributed by atoms with Crippen molar-refractivity contribution in [3.8, 4) is 0 Å².